The van der Waals surface area contributed by atoms with Gasteiger partial charge < -0.3 is 5.73 Å². The highest BCUT2D eigenvalue weighted by Crippen LogP contribution is 2.30. The molecule has 0 fully saturated rings. The van der Waals surface area contributed by atoms with Crippen LogP contribution in [-0.4, -0.2) is 4.98 Å². The van der Waals surface area contributed by atoms with Crippen LogP contribution in [0.2, 0.25) is 5.02 Å². The summed E-state index contributed by atoms with van der Waals surface area (Å²) in [5, 5.41) is 4.06. The van der Waals surface area contributed by atoms with Gasteiger partial charge in [-0.3, -0.25) is 0 Å². The third-order valence-electron chi connectivity index (χ3n) is 2.41. The second-order valence-electron chi connectivity index (χ2n) is 3.95. The number of nitrogens with two attached hydrogens (primary N) is 1. The van der Waals surface area contributed by atoms with Crippen molar-refractivity contribution in [2.75, 3.05) is 5.73 Å². The number of hydrogen-bond acceptors (Lipinski definition) is 4. The van der Waals surface area contributed by atoms with E-state index in [0.717, 1.165) is 39.9 Å². The predicted molar refractivity (Wildman–Crippen MR) is 81.5 cm³/mol. The first kappa shape index (κ1) is 13.7. The Labute approximate surface area is 121 Å². The van der Waals surface area contributed by atoms with E-state index in [9.17, 15) is 0 Å². The Morgan fingerprint density at radius 3 is 3.06 bits per heavy atom. The van der Waals surface area contributed by atoms with Crippen LogP contribution in [0.4, 0.5) is 5.69 Å². The van der Waals surface area contributed by atoms with Crippen molar-refractivity contribution < 1.29 is 0 Å². The second-order valence-corrected chi connectivity index (χ2v) is 6.35. The third-order valence-corrected chi connectivity index (χ3v) is 4.71. The molecule has 0 saturated heterocycles. The van der Waals surface area contributed by atoms with Gasteiger partial charge in [-0.2, -0.15) is 0 Å². The molecule has 5 heteroatoms. The van der Waals surface area contributed by atoms with Crippen LogP contribution >= 0.6 is 34.7 Å². The molecule has 0 atom stereocenters. The molecule has 2 rings (SSSR count). The molecule has 96 valence electrons. The van der Waals surface area contributed by atoms with Gasteiger partial charge in [-0.15, -0.1) is 23.1 Å². The molecule has 1 aromatic heterocycles. The summed E-state index contributed by atoms with van der Waals surface area (Å²) >= 11 is 9.38. The van der Waals surface area contributed by atoms with Gasteiger partial charge in [0, 0.05) is 26.7 Å². The minimum atomic E-state index is 0.719. The highest BCUT2D eigenvalue weighted by atomic mass is 35.5. The molecule has 0 unspecified atom stereocenters. The van der Waals surface area contributed by atoms with Crippen LogP contribution in [-0.2, 0) is 12.2 Å². The van der Waals surface area contributed by atoms with Crippen molar-refractivity contribution in [3.8, 4) is 0 Å². The lowest BCUT2D eigenvalue weighted by molar-refractivity contribution is 0.902. The summed E-state index contributed by atoms with van der Waals surface area (Å²) in [6.07, 6.45) is 2.20. The number of aromatic nitrogens is 1. The smallest absolute Gasteiger partial charge is 0.0928 e. The zero-order valence-corrected chi connectivity index (χ0v) is 12.5. The second kappa shape index (κ2) is 6.45. The molecular weight excluding hydrogens is 284 g/mol. The molecule has 0 amide bonds. The van der Waals surface area contributed by atoms with E-state index >= 15 is 0 Å². The number of rotatable bonds is 5. The third kappa shape index (κ3) is 3.64. The Morgan fingerprint density at radius 2 is 2.28 bits per heavy atom. The zero-order valence-electron chi connectivity index (χ0n) is 10.1. The van der Waals surface area contributed by atoms with Crippen LogP contribution < -0.4 is 5.73 Å². The minimum Gasteiger partial charge on any atom is -0.398 e. The Hall–Kier alpha value is -0.710. The monoisotopic (exact) mass is 298 g/mol. The molecule has 0 bridgehead atoms. The molecular formula is C13H15ClN2S2. The number of nitrogen functional groups attached to an aromatic ring is 1. The first-order valence-corrected chi connectivity index (χ1v) is 8.04. The highest BCUT2D eigenvalue weighted by molar-refractivity contribution is 7.98. The van der Waals surface area contributed by atoms with Gasteiger partial charge in [-0.05, 0) is 31.0 Å². The van der Waals surface area contributed by atoms with Crippen molar-refractivity contribution in [3.63, 3.8) is 0 Å². The van der Waals surface area contributed by atoms with Gasteiger partial charge in [-0.1, -0.05) is 18.5 Å². The SMILES string of the molecule is CCCc1nc(CSc2cc(Cl)ccc2N)cs1. The maximum atomic E-state index is 5.96. The molecule has 0 saturated carbocycles. The van der Waals surface area contributed by atoms with Crippen molar-refractivity contribution in [2.45, 2.75) is 30.4 Å². The summed E-state index contributed by atoms with van der Waals surface area (Å²) in [5.41, 5.74) is 7.80. The fourth-order valence-corrected chi connectivity index (χ4v) is 3.67. The van der Waals surface area contributed by atoms with Crippen LogP contribution in [0.5, 0.6) is 0 Å². The van der Waals surface area contributed by atoms with Crippen LogP contribution in [0.25, 0.3) is 0 Å². The summed E-state index contributed by atoms with van der Waals surface area (Å²) in [7, 11) is 0. The number of thiazole rings is 1. The van der Waals surface area contributed by atoms with Crippen LogP contribution in [0.3, 0.4) is 0 Å². The lowest BCUT2D eigenvalue weighted by Gasteiger charge is -2.04. The zero-order chi connectivity index (χ0) is 13.0. The van der Waals surface area contributed by atoms with Crippen molar-refractivity contribution >= 4 is 40.4 Å². The van der Waals surface area contributed by atoms with E-state index in [1.54, 1.807) is 23.1 Å². The number of anilines is 1. The summed E-state index contributed by atoms with van der Waals surface area (Å²) < 4.78 is 0. The van der Waals surface area contributed by atoms with Gasteiger partial charge in [0.05, 0.1) is 10.7 Å². The summed E-state index contributed by atoms with van der Waals surface area (Å²) in [6, 6.07) is 5.55. The van der Waals surface area contributed by atoms with E-state index < -0.39 is 0 Å². The van der Waals surface area contributed by atoms with Crippen LogP contribution in [0.1, 0.15) is 24.0 Å². The molecule has 18 heavy (non-hydrogen) atoms. The van der Waals surface area contributed by atoms with Gasteiger partial charge in [0.25, 0.3) is 0 Å². The van der Waals surface area contributed by atoms with E-state index in [1.807, 2.05) is 18.2 Å². The maximum Gasteiger partial charge on any atom is 0.0928 e. The molecule has 2 N–H and O–H groups in total. The maximum absolute atomic E-state index is 5.96. The lowest BCUT2D eigenvalue weighted by atomic mass is 10.3. The molecule has 0 spiro atoms. The molecule has 1 heterocycles. The van der Waals surface area contributed by atoms with Crippen molar-refractivity contribution in [3.05, 3.63) is 39.3 Å². The van der Waals surface area contributed by atoms with Gasteiger partial charge in [0.2, 0.25) is 0 Å². The molecule has 1 aromatic carbocycles. The lowest BCUT2D eigenvalue weighted by Crippen LogP contribution is -1.89. The molecule has 0 radical (unpaired) electrons. The predicted octanol–water partition coefficient (Wildman–Crippen LogP) is 4.62. The fourth-order valence-electron chi connectivity index (χ4n) is 1.53. The highest BCUT2D eigenvalue weighted by Gasteiger charge is 2.05. The fraction of sp³-hybridized carbons (Fsp3) is 0.308. The number of benzene rings is 1. The topological polar surface area (TPSA) is 38.9 Å². The van der Waals surface area contributed by atoms with Crippen LogP contribution in [0.15, 0.2) is 28.5 Å². The van der Waals surface area contributed by atoms with Crippen molar-refractivity contribution in [2.24, 2.45) is 0 Å². The molecule has 0 aliphatic heterocycles. The van der Waals surface area contributed by atoms with Crippen molar-refractivity contribution in [1.82, 2.24) is 4.98 Å². The van der Waals surface area contributed by atoms with E-state index in [0.29, 0.717) is 0 Å². The number of halogens is 1. The Balaban J connectivity index is 1.99. The largest absolute Gasteiger partial charge is 0.398 e. The van der Waals surface area contributed by atoms with E-state index in [4.69, 9.17) is 17.3 Å². The average molecular weight is 299 g/mol. The average Bonchev–Trinajstić information content (AvgIpc) is 2.79. The van der Waals surface area contributed by atoms with Crippen LogP contribution in [0, 0.1) is 0 Å². The number of aryl methyl sites for hydroxylation is 1. The molecule has 0 aliphatic carbocycles. The van der Waals surface area contributed by atoms with Gasteiger partial charge in [-0.25, -0.2) is 4.98 Å². The van der Waals surface area contributed by atoms with E-state index in [2.05, 4.69) is 17.3 Å². The van der Waals surface area contributed by atoms with Gasteiger partial charge >= 0.3 is 0 Å². The first-order valence-electron chi connectivity index (χ1n) is 5.80. The Kier molecular flexibility index (Phi) is 4.92. The minimum absolute atomic E-state index is 0.719. The van der Waals surface area contributed by atoms with Gasteiger partial charge in [0.1, 0.15) is 0 Å². The number of hydrogen-bond donors (Lipinski definition) is 1. The molecule has 0 aliphatic rings. The van der Waals surface area contributed by atoms with Gasteiger partial charge in [0.15, 0.2) is 0 Å². The summed E-state index contributed by atoms with van der Waals surface area (Å²) in [5.74, 6) is 0.838. The number of thioether (sulfide) groups is 1. The first-order chi connectivity index (χ1) is 8.69. The summed E-state index contributed by atoms with van der Waals surface area (Å²) in [6.45, 7) is 2.17. The molecule has 2 aromatic rings. The van der Waals surface area contributed by atoms with E-state index in [-0.39, 0.29) is 0 Å². The normalized spacial score (nSPS) is 10.8. The standard InChI is InChI=1S/C13H15ClN2S2/c1-2-3-13-16-10(8-18-13)7-17-12-6-9(14)4-5-11(12)15/h4-6,8H,2-3,7,15H2,1H3. The molecule has 2 nitrogen and oxygen atoms in total. The quantitative estimate of drug-likeness (QED) is 0.646. The van der Waals surface area contributed by atoms with E-state index in [1.165, 1.54) is 5.01 Å². The number of nitrogens with zero attached hydrogens (tertiary/aromatic N) is 1. The van der Waals surface area contributed by atoms with Crippen molar-refractivity contribution in [1.29, 1.82) is 0 Å². The Morgan fingerprint density at radius 1 is 1.44 bits per heavy atom. The summed E-state index contributed by atoms with van der Waals surface area (Å²) in [4.78, 5) is 5.61. The Bertz CT molecular complexity index is 525.